The Hall–Kier alpha value is -3.22. The Morgan fingerprint density at radius 2 is 1.78 bits per heavy atom. The number of hydrogen-bond acceptors (Lipinski definition) is 6. The molecule has 1 amide bonds. The van der Waals surface area contributed by atoms with E-state index in [1.165, 1.54) is 0 Å². The number of ether oxygens (including phenoxy) is 3. The van der Waals surface area contributed by atoms with Gasteiger partial charge in [-0.05, 0) is 17.7 Å². The number of carbonyl (C=O) groups excluding carboxylic acids is 1. The third-order valence-corrected chi connectivity index (χ3v) is 4.27. The molecule has 7 nitrogen and oxygen atoms in total. The van der Waals surface area contributed by atoms with Crippen LogP contribution in [0.5, 0.6) is 17.2 Å². The third-order valence-electron chi connectivity index (χ3n) is 4.27. The van der Waals surface area contributed by atoms with Crippen LogP contribution in [0.3, 0.4) is 0 Å². The minimum absolute atomic E-state index is 0.204. The van der Waals surface area contributed by atoms with Crippen molar-refractivity contribution in [2.45, 2.75) is 19.1 Å². The number of nitrogens with one attached hydrogen (secondary N) is 1. The first kappa shape index (κ1) is 18.6. The van der Waals surface area contributed by atoms with Gasteiger partial charge in [0, 0.05) is 18.5 Å². The molecule has 1 aliphatic heterocycles. The lowest BCUT2D eigenvalue weighted by atomic mass is 10.0. The average molecular weight is 370 g/mol. The Morgan fingerprint density at radius 3 is 2.37 bits per heavy atom. The van der Waals surface area contributed by atoms with E-state index in [-0.39, 0.29) is 5.91 Å². The van der Waals surface area contributed by atoms with Crippen molar-refractivity contribution >= 4 is 11.6 Å². The van der Waals surface area contributed by atoms with E-state index in [4.69, 9.17) is 19.0 Å². The topological polar surface area (TPSA) is 78.4 Å². The van der Waals surface area contributed by atoms with E-state index >= 15 is 0 Å². The van der Waals surface area contributed by atoms with Gasteiger partial charge in [-0.15, -0.1) is 0 Å². The Balaban J connectivity index is 1.67. The van der Waals surface area contributed by atoms with E-state index < -0.39 is 6.10 Å². The quantitative estimate of drug-likeness (QED) is 0.810. The zero-order valence-corrected chi connectivity index (χ0v) is 15.5. The largest absolute Gasteiger partial charge is 0.493 e. The minimum Gasteiger partial charge on any atom is -0.493 e. The van der Waals surface area contributed by atoms with Gasteiger partial charge < -0.3 is 24.4 Å². The highest BCUT2D eigenvalue weighted by Gasteiger charge is 2.29. The van der Waals surface area contributed by atoms with Gasteiger partial charge in [0.2, 0.25) is 11.9 Å². The molecule has 0 aliphatic carbocycles. The number of oxime groups is 1. The molecule has 0 saturated carbocycles. The van der Waals surface area contributed by atoms with Gasteiger partial charge in [0.05, 0.1) is 27.0 Å². The SMILES string of the molecule is COc1cc(C2=NO[C@H](C(=O)NCc3ccccc3)C2)cc(OC)c1OC. The molecule has 0 radical (unpaired) electrons. The van der Waals surface area contributed by atoms with Crippen LogP contribution in [0.4, 0.5) is 0 Å². The lowest BCUT2D eigenvalue weighted by Crippen LogP contribution is -2.34. The highest BCUT2D eigenvalue weighted by atomic mass is 16.6. The summed E-state index contributed by atoms with van der Waals surface area (Å²) < 4.78 is 16.0. The summed E-state index contributed by atoms with van der Waals surface area (Å²) in [6.07, 6.45) is -0.304. The number of nitrogens with zero attached hydrogens (tertiary/aromatic N) is 1. The summed E-state index contributed by atoms with van der Waals surface area (Å²) in [5.74, 6) is 1.34. The monoisotopic (exact) mass is 370 g/mol. The second kappa shape index (κ2) is 8.44. The van der Waals surface area contributed by atoms with Crippen LogP contribution in [-0.4, -0.2) is 39.1 Å². The molecule has 3 rings (SSSR count). The molecule has 2 aromatic carbocycles. The molecular formula is C20H22N2O5. The molecular weight excluding hydrogens is 348 g/mol. The van der Waals surface area contributed by atoms with Crippen LogP contribution >= 0.6 is 0 Å². The molecule has 0 spiro atoms. The molecule has 0 fully saturated rings. The van der Waals surface area contributed by atoms with Crippen molar-refractivity contribution in [3.63, 3.8) is 0 Å². The van der Waals surface area contributed by atoms with Crippen molar-refractivity contribution in [2.75, 3.05) is 21.3 Å². The van der Waals surface area contributed by atoms with Gasteiger partial charge in [0.1, 0.15) is 0 Å². The van der Waals surface area contributed by atoms with Crippen LogP contribution in [0.25, 0.3) is 0 Å². The zero-order chi connectivity index (χ0) is 19.2. The maximum atomic E-state index is 12.4. The van der Waals surface area contributed by atoms with E-state index in [1.54, 1.807) is 33.5 Å². The number of hydrogen-bond donors (Lipinski definition) is 1. The molecule has 1 heterocycles. The molecule has 0 saturated heterocycles. The van der Waals surface area contributed by atoms with Gasteiger partial charge in [0.15, 0.2) is 11.5 Å². The smallest absolute Gasteiger partial charge is 0.264 e. The molecule has 142 valence electrons. The van der Waals surface area contributed by atoms with E-state index in [2.05, 4.69) is 10.5 Å². The van der Waals surface area contributed by atoms with Gasteiger partial charge in [0.25, 0.3) is 5.91 Å². The maximum absolute atomic E-state index is 12.4. The highest BCUT2D eigenvalue weighted by molar-refractivity contribution is 6.04. The van der Waals surface area contributed by atoms with Crippen molar-refractivity contribution < 1.29 is 23.8 Å². The predicted octanol–water partition coefficient (Wildman–Crippen LogP) is 2.52. The van der Waals surface area contributed by atoms with Crippen LogP contribution in [-0.2, 0) is 16.2 Å². The summed E-state index contributed by atoms with van der Waals surface area (Å²) in [6, 6.07) is 13.3. The lowest BCUT2D eigenvalue weighted by molar-refractivity contribution is -0.131. The van der Waals surface area contributed by atoms with Gasteiger partial charge in [-0.3, -0.25) is 4.79 Å². The van der Waals surface area contributed by atoms with Crippen molar-refractivity contribution in [3.8, 4) is 17.2 Å². The van der Waals surface area contributed by atoms with Crippen LogP contribution < -0.4 is 19.5 Å². The predicted molar refractivity (Wildman–Crippen MR) is 100 cm³/mol. The summed E-state index contributed by atoms with van der Waals surface area (Å²) in [5.41, 5.74) is 2.42. The second-order valence-electron chi connectivity index (χ2n) is 5.95. The number of methoxy groups -OCH3 is 3. The standard InChI is InChI=1S/C20H22N2O5/c1-24-16-9-14(10-17(25-2)19(16)26-3)15-11-18(27-22-15)20(23)21-12-13-7-5-4-6-8-13/h4-10,18H,11-12H2,1-3H3,(H,21,23)/t18-/m0/s1. The van der Waals surface area contributed by atoms with E-state index in [9.17, 15) is 4.79 Å². The fraction of sp³-hybridized carbons (Fsp3) is 0.300. The lowest BCUT2D eigenvalue weighted by Gasteiger charge is -2.14. The van der Waals surface area contributed by atoms with E-state index in [1.807, 2.05) is 30.3 Å². The van der Waals surface area contributed by atoms with E-state index in [0.29, 0.717) is 35.9 Å². The minimum atomic E-state index is -0.664. The Kier molecular flexibility index (Phi) is 5.80. The number of amides is 1. The van der Waals surface area contributed by atoms with Gasteiger partial charge >= 0.3 is 0 Å². The first-order chi connectivity index (χ1) is 13.2. The van der Waals surface area contributed by atoms with Crippen LogP contribution in [0.2, 0.25) is 0 Å². The fourth-order valence-electron chi connectivity index (χ4n) is 2.84. The fourth-order valence-corrected chi connectivity index (χ4v) is 2.84. The van der Waals surface area contributed by atoms with Crippen LogP contribution in [0, 0.1) is 0 Å². The Bertz CT molecular complexity index is 811. The Labute approximate surface area is 157 Å². The molecule has 27 heavy (non-hydrogen) atoms. The summed E-state index contributed by atoms with van der Waals surface area (Å²) >= 11 is 0. The molecule has 1 N–H and O–H groups in total. The second-order valence-corrected chi connectivity index (χ2v) is 5.95. The molecule has 2 aromatic rings. The molecule has 1 atom stereocenters. The molecule has 1 aliphatic rings. The van der Waals surface area contributed by atoms with Crippen molar-refractivity contribution in [1.29, 1.82) is 0 Å². The molecule has 0 bridgehead atoms. The maximum Gasteiger partial charge on any atom is 0.264 e. The average Bonchev–Trinajstić information content (AvgIpc) is 3.22. The number of benzene rings is 2. The Morgan fingerprint density at radius 1 is 1.11 bits per heavy atom. The number of rotatable bonds is 7. The summed E-state index contributed by atoms with van der Waals surface area (Å²) in [7, 11) is 4.64. The first-order valence-corrected chi connectivity index (χ1v) is 8.51. The molecule has 7 heteroatoms. The first-order valence-electron chi connectivity index (χ1n) is 8.51. The van der Waals surface area contributed by atoms with Crippen LogP contribution in [0.1, 0.15) is 17.5 Å². The van der Waals surface area contributed by atoms with E-state index in [0.717, 1.165) is 11.1 Å². The summed E-state index contributed by atoms with van der Waals surface area (Å²) in [4.78, 5) is 17.7. The summed E-state index contributed by atoms with van der Waals surface area (Å²) in [5, 5.41) is 6.94. The normalized spacial score (nSPS) is 15.5. The third kappa shape index (κ3) is 4.13. The van der Waals surface area contributed by atoms with Crippen molar-refractivity contribution in [1.82, 2.24) is 5.32 Å². The summed E-state index contributed by atoms with van der Waals surface area (Å²) in [6.45, 7) is 0.444. The van der Waals surface area contributed by atoms with Gasteiger partial charge in [-0.25, -0.2) is 0 Å². The molecule has 0 unspecified atom stereocenters. The zero-order valence-electron chi connectivity index (χ0n) is 15.5. The highest BCUT2D eigenvalue weighted by Crippen LogP contribution is 2.39. The van der Waals surface area contributed by atoms with Crippen molar-refractivity contribution in [3.05, 3.63) is 53.6 Å². The number of carbonyl (C=O) groups is 1. The van der Waals surface area contributed by atoms with Gasteiger partial charge in [-0.1, -0.05) is 35.5 Å². The van der Waals surface area contributed by atoms with Gasteiger partial charge in [-0.2, -0.15) is 0 Å². The van der Waals surface area contributed by atoms with Crippen molar-refractivity contribution in [2.24, 2.45) is 5.16 Å². The molecule has 0 aromatic heterocycles. The van der Waals surface area contributed by atoms with Crippen LogP contribution in [0.15, 0.2) is 47.6 Å².